The number of nitrogens with zero attached hydrogens (tertiary/aromatic N) is 4. The molecule has 0 unspecified atom stereocenters. The van der Waals surface area contributed by atoms with Crippen molar-refractivity contribution in [2.24, 2.45) is 0 Å². The van der Waals surface area contributed by atoms with Crippen molar-refractivity contribution in [1.82, 2.24) is 14.9 Å². The highest BCUT2D eigenvalue weighted by Gasteiger charge is 2.23. The monoisotopic (exact) mass is 348 g/mol. The Balaban J connectivity index is 1.47. The van der Waals surface area contributed by atoms with Gasteiger partial charge in [-0.25, -0.2) is 4.98 Å². The van der Waals surface area contributed by atoms with E-state index in [2.05, 4.69) is 14.9 Å². The standard InChI is InChI=1S/C20H20N4O2/c1-26-17-3-5-18-15(14-17)2-4-19(22-18)20(25)24-12-10-23(11-13-24)16-6-8-21-9-7-16/h2-9,14H,10-13H2,1H3. The largest absolute Gasteiger partial charge is 0.497 e. The van der Waals surface area contributed by atoms with Gasteiger partial charge in [-0.1, -0.05) is 6.07 Å². The topological polar surface area (TPSA) is 58.6 Å². The number of ether oxygens (including phenoxy) is 1. The lowest BCUT2D eigenvalue weighted by Crippen LogP contribution is -2.49. The summed E-state index contributed by atoms with van der Waals surface area (Å²) in [6, 6.07) is 13.4. The lowest BCUT2D eigenvalue weighted by atomic mass is 10.1. The molecule has 0 spiro atoms. The van der Waals surface area contributed by atoms with Gasteiger partial charge in [0.25, 0.3) is 5.91 Å². The van der Waals surface area contributed by atoms with Gasteiger partial charge in [0, 0.05) is 49.6 Å². The zero-order chi connectivity index (χ0) is 17.9. The van der Waals surface area contributed by atoms with Gasteiger partial charge in [-0.15, -0.1) is 0 Å². The number of aromatic nitrogens is 2. The van der Waals surface area contributed by atoms with Crippen molar-refractivity contribution in [3.8, 4) is 5.75 Å². The third kappa shape index (κ3) is 3.18. The number of pyridine rings is 2. The van der Waals surface area contributed by atoms with Gasteiger partial charge in [0.1, 0.15) is 11.4 Å². The van der Waals surface area contributed by atoms with E-state index in [1.54, 1.807) is 25.6 Å². The highest BCUT2D eigenvalue weighted by molar-refractivity contribution is 5.95. The first-order valence-electron chi connectivity index (χ1n) is 8.63. The summed E-state index contributed by atoms with van der Waals surface area (Å²) in [5.74, 6) is 0.766. The second-order valence-corrected chi connectivity index (χ2v) is 6.24. The van der Waals surface area contributed by atoms with Crippen molar-refractivity contribution in [3.63, 3.8) is 0 Å². The number of fused-ring (bicyclic) bond motifs is 1. The Kier molecular flexibility index (Phi) is 4.39. The summed E-state index contributed by atoms with van der Waals surface area (Å²) in [7, 11) is 1.64. The predicted octanol–water partition coefficient (Wildman–Crippen LogP) is 2.60. The van der Waals surface area contributed by atoms with Crippen LogP contribution in [-0.4, -0.2) is 54.1 Å². The van der Waals surface area contributed by atoms with Gasteiger partial charge >= 0.3 is 0 Å². The van der Waals surface area contributed by atoms with Crippen LogP contribution in [0, 0.1) is 0 Å². The van der Waals surface area contributed by atoms with E-state index in [9.17, 15) is 4.79 Å². The molecule has 6 heteroatoms. The molecule has 132 valence electrons. The van der Waals surface area contributed by atoms with Crippen LogP contribution < -0.4 is 9.64 Å². The van der Waals surface area contributed by atoms with Gasteiger partial charge in [-0.05, 0) is 36.4 Å². The first-order valence-corrected chi connectivity index (χ1v) is 8.63. The average Bonchev–Trinajstić information content (AvgIpc) is 2.73. The number of anilines is 1. The van der Waals surface area contributed by atoms with Gasteiger partial charge in [0.15, 0.2) is 0 Å². The molecule has 1 saturated heterocycles. The second kappa shape index (κ2) is 7.00. The highest BCUT2D eigenvalue weighted by Crippen LogP contribution is 2.21. The maximum Gasteiger partial charge on any atom is 0.272 e. The molecule has 0 aliphatic carbocycles. The molecule has 1 amide bonds. The molecule has 2 aromatic heterocycles. The summed E-state index contributed by atoms with van der Waals surface area (Å²) in [4.78, 5) is 25.5. The van der Waals surface area contributed by atoms with Crippen LogP contribution in [0.25, 0.3) is 10.9 Å². The van der Waals surface area contributed by atoms with E-state index < -0.39 is 0 Å². The number of rotatable bonds is 3. The zero-order valence-electron chi connectivity index (χ0n) is 14.6. The first-order chi connectivity index (χ1) is 12.7. The molecule has 0 bridgehead atoms. The van der Waals surface area contributed by atoms with Crippen molar-refractivity contribution in [1.29, 1.82) is 0 Å². The van der Waals surface area contributed by atoms with Crippen molar-refractivity contribution in [2.45, 2.75) is 0 Å². The fraction of sp³-hybridized carbons (Fsp3) is 0.250. The highest BCUT2D eigenvalue weighted by atomic mass is 16.5. The summed E-state index contributed by atoms with van der Waals surface area (Å²) < 4.78 is 5.23. The smallest absolute Gasteiger partial charge is 0.272 e. The lowest BCUT2D eigenvalue weighted by molar-refractivity contribution is 0.0741. The van der Waals surface area contributed by atoms with Crippen LogP contribution in [0.5, 0.6) is 5.75 Å². The van der Waals surface area contributed by atoms with E-state index in [0.717, 1.165) is 35.4 Å². The number of hydrogen-bond acceptors (Lipinski definition) is 5. The summed E-state index contributed by atoms with van der Waals surface area (Å²) in [6.45, 7) is 2.98. The Bertz CT molecular complexity index is 922. The number of methoxy groups -OCH3 is 1. The Morgan fingerprint density at radius 2 is 1.77 bits per heavy atom. The van der Waals surface area contributed by atoms with Crippen molar-refractivity contribution in [2.75, 3.05) is 38.2 Å². The van der Waals surface area contributed by atoms with Crippen LogP contribution in [-0.2, 0) is 0 Å². The van der Waals surface area contributed by atoms with E-state index in [1.165, 1.54) is 0 Å². The third-order valence-corrected chi connectivity index (χ3v) is 4.71. The molecule has 1 aliphatic heterocycles. The fourth-order valence-corrected chi connectivity index (χ4v) is 3.23. The maximum atomic E-state index is 12.8. The minimum Gasteiger partial charge on any atom is -0.497 e. The van der Waals surface area contributed by atoms with E-state index >= 15 is 0 Å². The molecular formula is C20H20N4O2. The lowest BCUT2D eigenvalue weighted by Gasteiger charge is -2.35. The quantitative estimate of drug-likeness (QED) is 0.728. The molecule has 0 atom stereocenters. The van der Waals surface area contributed by atoms with E-state index in [0.29, 0.717) is 18.8 Å². The molecule has 0 radical (unpaired) electrons. The van der Waals surface area contributed by atoms with Crippen LogP contribution in [0.2, 0.25) is 0 Å². The summed E-state index contributed by atoms with van der Waals surface area (Å²) in [6.07, 6.45) is 3.59. The number of piperazine rings is 1. The second-order valence-electron chi connectivity index (χ2n) is 6.24. The van der Waals surface area contributed by atoms with Crippen LogP contribution in [0.3, 0.4) is 0 Å². The first kappa shape index (κ1) is 16.3. The van der Waals surface area contributed by atoms with Crippen LogP contribution >= 0.6 is 0 Å². The summed E-state index contributed by atoms with van der Waals surface area (Å²) in [5.41, 5.74) is 2.43. The van der Waals surface area contributed by atoms with Crippen molar-refractivity contribution < 1.29 is 9.53 Å². The van der Waals surface area contributed by atoms with E-state index in [-0.39, 0.29) is 5.91 Å². The van der Waals surface area contributed by atoms with Crippen LogP contribution in [0.4, 0.5) is 5.69 Å². The zero-order valence-corrected chi connectivity index (χ0v) is 14.6. The van der Waals surface area contributed by atoms with E-state index in [4.69, 9.17) is 4.74 Å². The predicted molar refractivity (Wildman–Crippen MR) is 101 cm³/mol. The number of carbonyl (C=O) groups excluding carboxylic acids is 1. The molecule has 3 aromatic rings. The van der Waals surface area contributed by atoms with Gasteiger partial charge in [-0.2, -0.15) is 0 Å². The normalized spacial score (nSPS) is 14.5. The van der Waals surface area contributed by atoms with Gasteiger partial charge < -0.3 is 14.5 Å². The minimum absolute atomic E-state index is 0.0166. The molecule has 4 rings (SSSR count). The fourth-order valence-electron chi connectivity index (χ4n) is 3.23. The van der Waals surface area contributed by atoms with Crippen LogP contribution in [0.15, 0.2) is 54.9 Å². The molecule has 0 saturated carbocycles. The Morgan fingerprint density at radius 3 is 2.50 bits per heavy atom. The Morgan fingerprint density at radius 1 is 1.00 bits per heavy atom. The molecule has 1 fully saturated rings. The molecule has 6 nitrogen and oxygen atoms in total. The third-order valence-electron chi connectivity index (χ3n) is 4.71. The molecule has 1 aromatic carbocycles. The van der Waals surface area contributed by atoms with Gasteiger partial charge in [0.05, 0.1) is 12.6 Å². The average molecular weight is 348 g/mol. The van der Waals surface area contributed by atoms with E-state index in [1.807, 2.05) is 41.3 Å². The number of carbonyl (C=O) groups is 1. The molecule has 26 heavy (non-hydrogen) atoms. The molecular weight excluding hydrogens is 328 g/mol. The number of amides is 1. The van der Waals surface area contributed by atoms with Gasteiger partial charge in [-0.3, -0.25) is 9.78 Å². The molecule has 3 heterocycles. The summed E-state index contributed by atoms with van der Waals surface area (Å²) >= 11 is 0. The van der Waals surface area contributed by atoms with Crippen molar-refractivity contribution in [3.05, 3.63) is 60.6 Å². The Labute approximate surface area is 152 Å². The van der Waals surface area contributed by atoms with Crippen molar-refractivity contribution >= 4 is 22.5 Å². The minimum atomic E-state index is -0.0166. The van der Waals surface area contributed by atoms with Gasteiger partial charge in [0.2, 0.25) is 0 Å². The SMILES string of the molecule is COc1ccc2nc(C(=O)N3CCN(c4ccncc4)CC3)ccc2c1. The number of hydrogen-bond donors (Lipinski definition) is 0. The number of benzene rings is 1. The Hall–Kier alpha value is -3.15. The van der Waals surface area contributed by atoms with Crippen LogP contribution in [0.1, 0.15) is 10.5 Å². The summed E-state index contributed by atoms with van der Waals surface area (Å²) in [5, 5.41) is 0.961. The maximum absolute atomic E-state index is 12.8. The molecule has 0 N–H and O–H groups in total. The molecule has 1 aliphatic rings.